The number of carbonyl (C=O) groups is 2. The predicted molar refractivity (Wildman–Crippen MR) is 75.2 cm³/mol. The van der Waals surface area contributed by atoms with E-state index in [1.54, 1.807) is 31.3 Å². The van der Waals surface area contributed by atoms with E-state index in [0.717, 1.165) is 5.69 Å². The van der Waals surface area contributed by atoms with E-state index >= 15 is 0 Å². The second-order valence-corrected chi connectivity index (χ2v) is 3.66. The van der Waals surface area contributed by atoms with Crippen molar-refractivity contribution in [2.45, 2.75) is 13.3 Å². The average molecular weight is 272 g/mol. The summed E-state index contributed by atoms with van der Waals surface area (Å²) < 4.78 is 0. The molecule has 0 radical (unpaired) electrons. The molecule has 0 saturated heterocycles. The monoisotopic (exact) mass is 271 g/mol. The van der Waals surface area contributed by atoms with Gasteiger partial charge in [-0.25, -0.2) is 0 Å². The average Bonchev–Trinajstić information content (AvgIpc) is 2.28. The molecule has 0 aliphatic carbocycles. The summed E-state index contributed by atoms with van der Waals surface area (Å²) in [5.74, 6) is -0.151. The van der Waals surface area contributed by atoms with Gasteiger partial charge in [0, 0.05) is 31.3 Å². The van der Waals surface area contributed by atoms with Crippen LogP contribution in [0.3, 0.4) is 0 Å². The Morgan fingerprint density at radius 2 is 1.56 bits per heavy atom. The molecule has 0 aliphatic heterocycles. The van der Waals surface area contributed by atoms with E-state index in [1.165, 1.54) is 6.92 Å². The van der Waals surface area contributed by atoms with Crippen LogP contribution in [0.25, 0.3) is 0 Å². The molecular formula is C12H18ClN3O2. The molecule has 1 aromatic carbocycles. The first-order valence-corrected chi connectivity index (χ1v) is 5.44. The van der Waals surface area contributed by atoms with Crippen LogP contribution in [-0.4, -0.2) is 25.4 Å². The number of halogens is 1. The van der Waals surface area contributed by atoms with Crippen molar-refractivity contribution in [3.63, 3.8) is 0 Å². The Morgan fingerprint density at radius 1 is 1.06 bits per heavy atom. The normalized spacial score (nSPS) is 9.22. The molecule has 0 unspecified atom stereocenters. The summed E-state index contributed by atoms with van der Waals surface area (Å²) in [6.45, 7) is 2.10. The lowest BCUT2D eigenvalue weighted by Crippen LogP contribution is -2.18. The highest BCUT2D eigenvalue weighted by Crippen LogP contribution is 2.13. The zero-order chi connectivity index (χ0) is 12.7. The molecule has 2 amide bonds. The van der Waals surface area contributed by atoms with Gasteiger partial charge >= 0.3 is 0 Å². The second-order valence-electron chi connectivity index (χ2n) is 3.66. The summed E-state index contributed by atoms with van der Waals surface area (Å²) in [6.07, 6.45) is 0.434. The van der Waals surface area contributed by atoms with Gasteiger partial charge in [0.25, 0.3) is 0 Å². The van der Waals surface area contributed by atoms with Crippen molar-refractivity contribution in [1.29, 1.82) is 0 Å². The maximum atomic E-state index is 11.4. The van der Waals surface area contributed by atoms with Gasteiger partial charge in [0.05, 0.1) is 0 Å². The third-order valence-corrected chi connectivity index (χ3v) is 2.09. The summed E-state index contributed by atoms with van der Waals surface area (Å²) in [4.78, 5) is 22.2. The molecular weight excluding hydrogens is 254 g/mol. The molecule has 0 aromatic heterocycles. The summed E-state index contributed by atoms with van der Waals surface area (Å²) in [7, 11) is 1.80. The Hall–Kier alpha value is -1.59. The Bertz CT molecular complexity index is 393. The molecule has 0 saturated carbocycles. The Kier molecular flexibility index (Phi) is 7.74. The molecule has 0 fully saturated rings. The van der Waals surface area contributed by atoms with Crippen LogP contribution >= 0.6 is 12.4 Å². The number of anilines is 2. The van der Waals surface area contributed by atoms with Crippen LogP contribution in [0.5, 0.6) is 0 Å². The van der Waals surface area contributed by atoms with Gasteiger partial charge in [-0.2, -0.15) is 0 Å². The Morgan fingerprint density at radius 3 is 2.00 bits per heavy atom. The number of nitrogens with one attached hydrogen (secondary N) is 3. The third-order valence-electron chi connectivity index (χ3n) is 2.09. The first-order valence-electron chi connectivity index (χ1n) is 5.44. The fourth-order valence-electron chi connectivity index (χ4n) is 1.30. The van der Waals surface area contributed by atoms with Gasteiger partial charge in [-0.3, -0.25) is 9.59 Å². The minimum atomic E-state index is -0.115. The smallest absolute Gasteiger partial charge is 0.225 e. The quantitative estimate of drug-likeness (QED) is 0.762. The number of carbonyl (C=O) groups excluding carboxylic acids is 2. The summed E-state index contributed by atoms with van der Waals surface area (Å²) in [5, 5.41) is 8.33. The molecule has 1 aromatic rings. The highest BCUT2D eigenvalue weighted by Gasteiger charge is 2.01. The third kappa shape index (κ3) is 6.22. The van der Waals surface area contributed by atoms with Gasteiger partial charge < -0.3 is 16.0 Å². The van der Waals surface area contributed by atoms with Crippen molar-refractivity contribution < 1.29 is 9.59 Å². The maximum absolute atomic E-state index is 11.4. The Labute approximate surface area is 113 Å². The van der Waals surface area contributed by atoms with Crippen LogP contribution in [0.2, 0.25) is 0 Å². The molecule has 100 valence electrons. The number of benzene rings is 1. The second kappa shape index (κ2) is 8.49. The highest BCUT2D eigenvalue weighted by atomic mass is 35.5. The van der Waals surface area contributed by atoms with E-state index in [4.69, 9.17) is 0 Å². The van der Waals surface area contributed by atoms with Gasteiger partial charge in [0.1, 0.15) is 0 Å². The molecule has 5 nitrogen and oxygen atoms in total. The lowest BCUT2D eigenvalue weighted by atomic mass is 10.2. The number of hydrogen-bond donors (Lipinski definition) is 3. The summed E-state index contributed by atoms with van der Waals surface area (Å²) in [6, 6.07) is 7.00. The van der Waals surface area contributed by atoms with Crippen LogP contribution in [-0.2, 0) is 9.59 Å². The number of rotatable bonds is 5. The van der Waals surface area contributed by atoms with Gasteiger partial charge in [-0.05, 0) is 31.3 Å². The maximum Gasteiger partial charge on any atom is 0.225 e. The van der Waals surface area contributed by atoms with Crippen LogP contribution in [0.15, 0.2) is 24.3 Å². The molecule has 0 bridgehead atoms. The van der Waals surface area contributed by atoms with Crippen molar-refractivity contribution in [1.82, 2.24) is 5.32 Å². The molecule has 1 rings (SSSR count). The Balaban J connectivity index is 0.00000289. The van der Waals surface area contributed by atoms with Gasteiger partial charge in [-0.15, -0.1) is 12.4 Å². The molecule has 3 N–H and O–H groups in total. The topological polar surface area (TPSA) is 70.2 Å². The number of hydrogen-bond acceptors (Lipinski definition) is 3. The van der Waals surface area contributed by atoms with Crippen molar-refractivity contribution in [2.24, 2.45) is 0 Å². The van der Waals surface area contributed by atoms with E-state index in [2.05, 4.69) is 16.0 Å². The van der Waals surface area contributed by atoms with E-state index in [-0.39, 0.29) is 24.2 Å². The van der Waals surface area contributed by atoms with E-state index < -0.39 is 0 Å². The predicted octanol–water partition coefficient (Wildman–Crippen LogP) is 1.61. The van der Waals surface area contributed by atoms with Crippen molar-refractivity contribution >= 4 is 35.6 Å². The highest BCUT2D eigenvalue weighted by molar-refractivity contribution is 5.92. The lowest BCUT2D eigenvalue weighted by molar-refractivity contribution is -0.116. The van der Waals surface area contributed by atoms with Crippen molar-refractivity contribution in [2.75, 3.05) is 24.2 Å². The fourth-order valence-corrected chi connectivity index (χ4v) is 1.30. The molecule has 6 heteroatoms. The summed E-state index contributed by atoms with van der Waals surface area (Å²) in [5.41, 5.74) is 1.44. The zero-order valence-corrected chi connectivity index (χ0v) is 11.3. The number of amides is 2. The molecule has 18 heavy (non-hydrogen) atoms. The first kappa shape index (κ1) is 16.4. The SMILES string of the molecule is CNCCC(=O)Nc1ccc(NC(C)=O)cc1.Cl. The molecule has 0 heterocycles. The molecule has 0 atom stereocenters. The lowest BCUT2D eigenvalue weighted by Gasteiger charge is -2.06. The minimum absolute atomic E-state index is 0. The van der Waals surface area contributed by atoms with Crippen molar-refractivity contribution in [3.8, 4) is 0 Å². The summed E-state index contributed by atoms with van der Waals surface area (Å²) >= 11 is 0. The van der Waals surface area contributed by atoms with Gasteiger partial charge in [-0.1, -0.05) is 0 Å². The van der Waals surface area contributed by atoms with Crippen LogP contribution in [0, 0.1) is 0 Å². The van der Waals surface area contributed by atoms with E-state index in [0.29, 0.717) is 18.7 Å². The molecule has 0 aliphatic rings. The van der Waals surface area contributed by atoms with Gasteiger partial charge in [0.2, 0.25) is 11.8 Å². The standard InChI is InChI=1S/C12H17N3O2.ClH/c1-9(16)14-10-3-5-11(6-4-10)15-12(17)7-8-13-2;/h3-6,13H,7-8H2,1-2H3,(H,14,16)(H,15,17);1H. The first-order chi connectivity index (χ1) is 8.11. The van der Waals surface area contributed by atoms with Crippen LogP contribution in [0.4, 0.5) is 11.4 Å². The van der Waals surface area contributed by atoms with Crippen LogP contribution < -0.4 is 16.0 Å². The fraction of sp³-hybridized carbons (Fsp3) is 0.333. The van der Waals surface area contributed by atoms with Gasteiger partial charge in [0.15, 0.2) is 0 Å². The minimum Gasteiger partial charge on any atom is -0.326 e. The van der Waals surface area contributed by atoms with E-state index in [1.807, 2.05) is 0 Å². The van der Waals surface area contributed by atoms with Crippen LogP contribution in [0.1, 0.15) is 13.3 Å². The largest absolute Gasteiger partial charge is 0.326 e. The van der Waals surface area contributed by atoms with E-state index in [9.17, 15) is 9.59 Å². The molecule has 0 spiro atoms. The van der Waals surface area contributed by atoms with Crippen molar-refractivity contribution in [3.05, 3.63) is 24.3 Å². The zero-order valence-electron chi connectivity index (χ0n) is 10.4.